The largest absolute Gasteiger partial charge is 0.299 e. The summed E-state index contributed by atoms with van der Waals surface area (Å²) in [7, 11) is 0. The number of hydrogen-bond acceptors (Lipinski definition) is 1. The van der Waals surface area contributed by atoms with Crippen molar-refractivity contribution in [3.63, 3.8) is 0 Å². The summed E-state index contributed by atoms with van der Waals surface area (Å²) in [6.07, 6.45) is 14.2. The molecule has 0 N–H and O–H groups in total. The van der Waals surface area contributed by atoms with E-state index in [0.717, 1.165) is 24.7 Å². The Morgan fingerprint density at radius 1 is 1.11 bits per heavy atom. The first-order valence-corrected chi connectivity index (χ1v) is 8.09. The van der Waals surface area contributed by atoms with Crippen LogP contribution >= 0.6 is 0 Å². The Kier molecular flexibility index (Phi) is 2.56. The molecule has 1 heteroatoms. The molecule has 2 fully saturated rings. The van der Waals surface area contributed by atoms with Gasteiger partial charge in [0.1, 0.15) is 5.78 Å². The molecule has 0 aromatic rings. The summed E-state index contributed by atoms with van der Waals surface area (Å²) in [5.74, 6) is 2.89. The average molecular weight is 256 g/mol. The van der Waals surface area contributed by atoms with Crippen molar-refractivity contribution in [2.75, 3.05) is 0 Å². The fraction of sp³-hybridized carbons (Fsp3) is 0.722. The Hall–Kier alpha value is -0.850. The highest BCUT2D eigenvalue weighted by molar-refractivity contribution is 5.87. The molecule has 0 unspecified atom stereocenters. The molecule has 4 aliphatic rings. The lowest BCUT2D eigenvalue weighted by atomic mass is 9.55. The van der Waals surface area contributed by atoms with Gasteiger partial charge in [-0.15, -0.1) is 0 Å². The molecule has 1 nitrogen and oxygen atoms in total. The number of Topliss-reactive ketones (excluding diaryl/α,β-unsaturated/α-hetero) is 1. The van der Waals surface area contributed by atoms with E-state index in [9.17, 15) is 4.79 Å². The zero-order valence-electron chi connectivity index (χ0n) is 12.0. The molecule has 2 saturated carbocycles. The summed E-state index contributed by atoms with van der Waals surface area (Å²) in [5, 5.41) is 0. The normalized spacial score (nSPS) is 44.9. The molecule has 0 aromatic carbocycles. The minimum atomic E-state index is 0.0454. The van der Waals surface area contributed by atoms with Crippen molar-refractivity contribution in [2.24, 2.45) is 23.2 Å². The van der Waals surface area contributed by atoms with E-state index in [1.807, 2.05) is 0 Å². The minimum absolute atomic E-state index is 0.0454. The summed E-state index contributed by atoms with van der Waals surface area (Å²) in [6, 6.07) is 0. The Bertz CT molecular complexity index is 484. The summed E-state index contributed by atoms with van der Waals surface area (Å²) in [5.41, 5.74) is 3.57. The van der Waals surface area contributed by atoms with Crippen LogP contribution in [0.4, 0.5) is 0 Å². The molecule has 0 saturated heterocycles. The molecule has 4 rings (SSSR count). The third-order valence-electron chi connectivity index (χ3n) is 6.70. The molecular weight excluding hydrogens is 232 g/mol. The maximum atomic E-state index is 12.3. The van der Waals surface area contributed by atoms with Gasteiger partial charge in [0, 0.05) is 11.8 Å². The zero-order chi connectivity index (χ0) is 13.0. The van der Waals surface area contributed by atoms with Crippen LogP contribution in [0.5, 0.6) is 0 Å². The van der Waals surface area contributed by atoms with Crippen molar-refractivity contribution in [1.29, 1.82) is 0 Å². The predicted octanol–water partition coefficient (Wildman–Crippen LogP) is 4.44. The first-order valence-electron chi connectivity index (χ1n) is 8.09. The molecule has 19 heavy (non-hydrogen) atoms. The molecule has 4 atom stereocenters. The van der Waals surface area contributed by atoms with Gasteiger partial charge in [0.15, 0.2) is 0 Å². The van der Waals surface area contributed by atoms with Crippen molar-refractivity contribution in [1.82, 2.24) is 0 Å². The molecule has 4 aliphatic carbocycles. The molecular formula is C18H24O. The minimum Gasteiger partial charge on any atom is -0.299 e. The molecule has 102 valence electrons. The third-order valence-corrected chi connectivity index (χ3v) is 6.70. The summed E-state index contributed by atoms with van der Waals surface area (Å²) in [6.45, 7) is 2.27. The summed E-state index contributed by atoms with van der Waals surface area (Å²) < 4.78 is 0. The smallest absolute Gasteiger partial charge is 0.139 e. The fourth-order valence-corrected chi connectivity index (χ4v) is 5.62. The zero-order valence-corrected chi connectivity index (χ0v) is 12.0. The maximum absolute atomic E-state index is 12.3. The first kappa shape index (κ1) is 11.9. The van der Waals surface area contributed by atoms with Crippen molar-refractivity contribution in [3.8, 4) is 0 Å². The lowest BCUT2D eigenvalue weighted by molar-refractivity contribution is -0.129. The van der Waals surface area contributed by atoms with Crippen LogP contribution in [-0.4, -0.2) is 5.78 Å². The number of ketones is 1. The van der Waals surface area contributed by atoms with E-state index < -0.39 is 0 Å². The average Bonchev–Trinajstić information content (AvgIpc) is 2.75. The van der Waals surface area contributed by atoms with Crippen LogP contribution in [0.25, 0.3) is 0 Å². The van der Waals surface area contributed by atoms with Crippen molar-refractivity contribution >= 4 is 5.78 Å². The van der Waals surface area contributed by atoms with Gasteiger partial charge in [0.2, 0.25) is 0 Å². The number of fused-ring (bicyclic) bond motifs is 4. The lowest BCUT2D eigenvalue weighted by Gasteiger charge is -2.49. The molecule has 0 radical (unpaired) electrons. The van der Waals surface area contributed by atoms with Crippen LogP contribution in [0.2, 0.25) is 0 Å². The highest BCUT2D eigenvalue weighted by Gasteiger charge is 2.54. The van der Waals surface area contributed by atoms with Crippen molar-refractivity contribution in [3.05, 3.63) is 23.3 Å². The molecule has 0 bridgehead atoms. The summed E-state index contributed by atoms with van der Waals surface area (Å²) in [4.78, 5) is 12.3. The van der Waals surface area contributed by atoms with Gasteiger partial charge in [-0.05, 0) is 62.7 Å². The van der Waals surface area contributed by atoms with Gasteiger partial charge in [0.05, 0.1) is 0 Å². The second kappa shape index (κ2) is 4.07. The van der Waals surface area contributed by atoms with Crippen LogP contribution in [0.3, 0.4) is 0 Å². The van der Waals surface area contributed by atoms with E-state index in [1.165, 1.54) is 38.5 Å². The maximum Gasteiger partial charge on any atom is 0.139 e. The Morgan fingerprint density at radius 2 is 1.95 bits per heavy atom. The highest BCUT2D eigenvalue weighted by Crippen LogP contribution is 2.59. The van der Waals surface area contributed by atoms with E-state index in [2.05, 4.69) is 19.1 Å². The number of carbonyl (C=O) groups excluding carboxylic acids is 1. The van der Waals surface area contributed by atoms with Crippen LogP contribution in [-0.2, 0) is 4.79 Å². The second-order valence-electron chi connectivity index (χ2n) is 7.34. The van der Waals surface area contributed by atoms with Gasteiger partial charge in [0.25, 0.3) is 0 Å². The predicted molar refractivity (Wildman–Crippen MR) is 76.7 cm³/mol. The standard InChI is InChI=1S/C18H24O/c1-18-11-10-14-13-5-3-2-4-12(13)6-7-15(14)16(18)8-9-17(18)19/h2-3,14-16H,4-11H2,1H3/t14-,15-,16+,18+/m1/s1. The fourth-order valence-electron chi connectivity index (χ4n) is 5.62. The van der Waals surface area contributed by atoms with Crippen LogP contribution in [0.15, 0.2) is 23.3 Å². The highest BCUT2D eigenvalue weighted by atomic mass is 16.1. The van der Waals surface area contributed by atoms with Gasteiger partial charge >= 0.3 is 0 Å². The Morgan fingerprint density at radius 3 is 2.84 bits per heavy atom. The van der Waals surface area contributed by atoms with Gasteiger partial charge < -0.3 is 0 Å². The number of hydrogen-bond donors (Lipinski definition) is 0. The number of allylic oxidation sites excluding steroid dienone is 4. The Labute approximate surface area is 116 Å². The molecule has 0 aliphatic heterocycles. The molecule has 0 heterocycles. The van der Waals surface area contributed by atoms with Crippen LogP contribution in [0, 0.1) is 23.2 Å². The monoisotopic (exact) mass is 256 g/mol. The van der Waals surface area contributed by atoms with Crippen molar-refractivity contribution in [2.45, 2.75) is 58.3 Å². The molecule has 0 amide bonds. The summed E-state index contributed by atoms with van der Waals surface area (Å²) >= 11 is 0. The van der Waals surface area contributed by atoms with E-state index in [-0.39, 0.29) is 5.41 Å². The lowest BCUT2D eigenvalue weighted by Crippen LogP contribution is -2.43. The number of rotatable bonds is 0. The topological polar surface area (TPSA) is 17.1 Å². The van der Waals surface area contributed by atoms with E-state index in [0.29, 0.717) is 11.7 Å². The molecule has 0 aromatic heterocycles. The SMILES string of the molecule is C[C@]12CC[C@@H]3C4=C(CC=CC4)CC[C@H]3[C@@H]1CCC2=O. The van der Waals surface area contributed by atoms with E-state index in [4.69, 9.17) is 0 Å². The van der Waals surface area contributed by atoms with Crippen molar-refractivity contribution < 1.29 is 4.79 Å². The molecule has 0 spiro atoms. The van der Waals surface area contributed by atoms with Gasteiger partial charge in [-0.1, -0.05) is 30.2 Å². The third kappa shape index (κ3) is 1.57. The van der Waals surface area contributed by atoms with Crippen LogP contribution < -0.4 is 0 Å². The Balaban J connectivity index is 1.68. The quantitative estimate of drug-likeness (QED) is 0.586. The van der Waals surface area contributed by atoms with E-state index in [1.54, 1.807) is 11.1 Å². The second-order valence-corrected chi connectivity index (χ2v) is 7.34. The number of carbonyl (C=O) groups is 1. The van der Waals surface area contributed by atoms with Crippen LogP contribution in [0.1, 0.15) is 58.3 Å². The van der Waals surface area contributed by atoms with Gasteiger partial charge in [-0.25, -0.2) is 0 Å². The first-order chi connectivity index (χ1) is 9.20. The van der Waals surface area contributed by atoms with Gasteiger partial charge in [-0.3, -0.25) is 4.79 Å². The van der Waals surface area contributed by atoms with Gasteiger partial charge in [-0.2, -0.15) is 0 Å². The van der Waals surface area contributed by atoms with E-state index >= 15 is 0 Å².